The molecule has 2 unspecified atom stereocenters. The number of ether oxygens (including phenoxy) is 3. The van der Waals surface area contributed by atoms with E-state index in [1.54, 1.807) is 0 Å². The van der Waals surface area contributed by atoms with Crippen LogP contribution in [0.25, 0.3) is 0 Å². The number of anilines is 1. The Kier molecular flexibility index (Phi) is 26.2. The molecule has 2 bridgehead atoms. The van der Waals surface area contributed by atoms with E-state index in [4.69, 9.17) is 29.0 Å². The number of hydrogen-bond donors (Lipinski definition) is 8. The van der Waals surface area contributed by atoms with Gasteiger partial charge in [-0.15, -0.1) is 0 Å². The summed E-state index contributed by atoms with van der Waals surface area (Å²) in [5, 5.41) is 57.2. The molecule has 3 heterocycles. The topological polar surface area (TPSA) is 326 Å². The van der Waals surface area contributed by atoms with Crippen molar-refractivity contribution in [3.63, 3.8) is 0 Å². The van der Waals surface area contributed by atoms with Crippen LogP contribution in [0.2, 0.25) is 0 Å². The molecule has 1 fully saturated rings. The number of carbonyl (C=O) groups is 2. The Labute approximate surface area is 392 Å². The zero-order valence-electron chi connectivity index (χ0n) is 38.9. The third-order valence-electron chi connectivity index (χ3n) is 11.5. The molecular weight excluding hydrogens is 920 g/mol. The number of nitrogen functional groups attached to an aromatic ring is 1. The molecule has 23 heteroatoms. The van der Waals surface area contributed by atoms with E-state index >= 15 is 0 Å². The highest BCUT2D eigenvalue weighted by Crippen LogP contribution is 2.60. The van der Waals surface area contributed by atoms with Crippen molar-refractivity contribution in [1.82, 2.24) is 9.55 Å². The summed E-state index contributed by atoms with van der Waals surface area (Å²) in [6.45, 7) is 3.60. The molecule has 9 N–H and O–H groups in total. The molecule has 3 rings (SSSR count). The molecule has 0 saturated carbocycles. The molecule has 384 valence electrons. The van der Waals surface area contributed by atoms with E-state index in [0.29, 0.717) is 25.2 Å². The maximum absolute atomic E-state index is 13.3. The third-order valence-corrected chi connectivity index (χ3v) is 14.1. The van der Waals surface area contributed by atoms with Crippen LogP contribution in [0.3, 0.4) is 0 Å². The van der Waals surface area contributed by atoms with Gasteiger partial charge in [0.15, 0.2) is 6.10 Å². The molecule has 1 aromatic heterocycles. The standard InChI is InChI=1S/C44H75N3O18P2/c1-4-5-12-18-31(48)22-23-33-35(49)26-36(50)34-19-15-16-20-39(51)60-27-32(63-40(52)21-14-11-9-7-6-8-10-13-17-30(2)3)28-61-66(56,57)65-67(58,59)62-29-37(42(54)41(33)53)64-43(34)47-25-24-38(45)46-44(47)55/h15-16,22-25,30-37,41-43,48-50,53-54H,4-14,17-21,26-29H2,1-3H3,(H,56,57)(H,58,59)(H2,45,46,55)/b16-15-,23-22+/t31-,32-,33+,34-,35-,36+,37-,41+,42-,43-/m1/s1. The summed E-state index contributed by atoms with van der Waals surface area (Å²) in [5.41, 5.74) is 4.72. The van der Waals surface area contributed by atoms with Crippen LogP contribution in [0.5, 0.6) is 0 Å². The molecule has 12 atom stereocenters. The highest BCUT2D eigenvalue weighted by molar-refractivity contribution is 7.61. The van der Waals surface area contributed by atoms with Gasteiger partial charge in [0.25, 0.3) is 0 Å². The van der Waals surface area contributed by atoms with Crippen LogP contribution in [-0.2, 0) is 46.3 Å². The van der Waals surface area contributed by atoms with Crippen molar-refractivity contribution in [2.45, 2.75) is 179 Å². The summed E-state index contributed by atoms with van der Waals surface area (Å²) in [6.07, 6.45) is 3.73. The number of aliphatic hydroxyl groups is 5. The van der Waals surface area contributed by atoms with Crippen molar-refractivity contribution < 1.29 is 81.6 Å². The minimum absolute atomic E-state index is 0.0139. The number of phosphoric acid groups is 2. The number of unbranched alkanes of at least 4 members (excludes halogenated alkanes) is 9. The second-order valence-electron chi connectivity index (χ2n) is 17.7. The zero-order chi connectivity index (χ0) is 49.6. The number of cyclic esters (lactones) is 1. The van der Waals surface area contributed by atoms with Crippen molar-refractivity contribution >= 4 is 33.4 Å². The number of phosphoric ester groups is 2. The summed E-state index contributed by atoms with van der Waals surface area (Å²) in [5.74, 6) is -3.74. The summed E-state index contributed by atoms with van der Waals surface area (Å²) in [4.78, 5) is 64.0. The molecule has 0 aliphatic carbocycles. The van der Waals surface area contributed by atoms with Crippen LogP contribution in [0.15, 0.2) is 41.4 Å². The van der Waals surface area contributed by atoms with Crippen molar-refractivity contribution in [2.75, 3.05) is 25.6 Å². The van der Waals surface area contributed by atoms with Gasteiger partial charge in [-0.1, -0.05) is 116 Å². The SMILES string of the molecule is CCCCC[C@@H](O)/C=C/[C@@H]1[C@H](O)[C@H](O)[C@H]2COP(=O)(O)OP(=O)(O)OC[C@H](OC(=O)CCCCCCCCCCC(C)C)COC(=O)C/C=C\C[C@@H]([C@H](n3ccc(N)nc3=O)O2)[C@@H](O)C[C@H]1O. The summed E-state index contributed by atoms with van der Waals surface area (Å²) >= 11 is 0. The molecule has 0 amide bonds. The monoisotopic (exact) mass is 995 g/mol. The van der Waals surface area contributed by atoms with Gasteiger partial charge in [-0.2, -0.15) is 9.29 Å². The number of carbonyl (C=O) groups excluding carboxylic acids is 2. The first-order chi connectivity index (χ1) is 31.7. The molecule has 0 spiro atoms. The van der Waals surface area contributed by atoms with Gasteiger partial charge in [0.2, 0.25) is 0 Å². The number of rotatable bonds is 19. The lowest BCUT2D eigenvalue weighted by Gasteiger charge is -2.40. The van der Waals surface area contributed by atoms with E-state index < -0.39 is 120 Å². The summed E-state index contributed by atoms with van der Waals surface area (Å²) in [7, 11) is -11.3. The second-order valence-corrected chi connectivity index (χ2v) is 20.8. The highest BCUT2D eigenvalue weighted by atomic mass is 31.3. The zero-order valence-corrected chi connectivity index (χ0v) is 40.7. The van der Waals surface area contributed by atoms with Crippen molar-refractivity contribution in [3.8, 4) is 0 Å². The normalized spacial score (nSPS) is 31.9. The fourth-order valence-corrected chi connectivity index (χ4v) is 9.86. The van der Waals surface area contributed by atoms with Crippen LogP contribution in [0.1, 0.15) is 136 Å². The smallest absolute Gasteiger partial charge is 0.461 e. The molecule has 1 aromatic rings. The van der Waals surface area contributed by atoms with Gasteiger partial charge in [0.1, 0.15) is 30.9 Å². The van der Waals surface area contributed by atoms with E-state index in [9.17, 15) is 58.8 Å². The first-order valence-corrected chi connectivity index (χ1v) is 26.5. The predicted octanol–water partition coefficient (Wildman–Crippen LogP) is 4.90. The van der Waals surface area contributed by atoms with Crippen LogP contribution in [-0.4, -0.2) is 119 Å². The average Bonchev–Trinajstić information content (AvgIpc) is 3.24. The fraction of sp³-hybridized carbons (Fsp3) is 0.773. The minimum Gasteiger partial charge on any atom is -0.461 e. The van der Waals surface area contributed by atoms with E-state index in [-0.39, 0.29) is 25.1 Å². The Bertz CT molecular complexity index is 1850. The number of nitrogens with two attached hydrogens (primary N) is 1. The van der Waals surface area contributed by atoms with E-state index in [2.05, 4.69) is 23.1 Å². The molecule has 67 heavy (non-hydrogen) atoms. The first kappa shape index (κ1) is 58.4. The number of esters is 2. The Hall–Kier alpha value is -2.88. The minimum atomic E-state index is -5.69. The van der Waals surface area contributed by atoms with Gasteiger partial charge in [-0.3, -0.25) is 23.2 Å². The van der Waals surface area contributed by atoms with Gasteiger partial charge in [-0.25, -0.2) is 13.9 Å². The first-order valence-electron chi connectivity index (χ1n) is 23.5. The maximum Gasteiger partial charge on any atom is 0.481 e. The second kappa shape index (κ2) is 30.0. The number of hydrogen-bond acceptors (Lipinski definition) is 18. The lowest BCUT2D eigenvalue weighted by atomic mass is 9.82. The number of nitrogens with zero attached hydrogens (tertiary/aromatic N) is 2. The van der Waals surface area contributed by atoms with Crippen molar-refractivity contribution in [2.24, 2.45) is 17.8 Å². The Morgan fingerprint density at radius 1 is 0.896 bits per heavy atom. The molecule has 2 aliphatic heterocycles. The van der Waals surface area contributed by atoms with Gasteiger partial charge >= 0.3 is 33.3 Å². The molecule has 1 saturated heterocycles. The van der Waals surface area contributed by atoms with Crippen LogP contribution < -0.4 is 11.4 Å². The number of allylic oxidation sites excluding steroid dienone is 1. The van der Waals surface area contributed by atoms with E-state index in [1.807, 2.05) is 6.92 Å². The summed E-state index contributed by atoms with van der Waals surface area (Å²) in [6, 6.07) is 1.22. The Morgan fingerprint density at radius 2 is 1.54 bits per heavy atom. The van der Waals surface area contributed by atoms with Gasteiger partial charge in [0.05, 0.1) is 44.1 Å². The Morgan fingerprint density at radius 3 is 2.19 bits per heavy atom. The lowest BCUT2D eigenvalue weighted by Crippen LogP contribution is -2.52. The third kappa shape index (κ3) is 22.2. The van der Waals surface area contributed by atoms with Crippen molar-refractivity contribution in [3.05, 3.63) is 47.1 Å². The van der Waals surface area contributed by atoms with Gasteiger partial charge in [-0.05, 0) is 31.2 Å². The van der Waals surface area contributed by atoms with E-state index in [0.717, 1.165) is 55.7 Å². The number of fused-ring (bicyclic) bond motifs is 3. The van der Waals surface area contributed by atoms with Crippen LogP contribution in [0.4, 0.5) is 5.82 Å². The van der Waals surface area contributed by atoms with Gasteiger partial charge in [0, 0.05) is 30.9 Å². The molecule has 0 radical (unpaired) electrons. The molecular formula is C44H75N3O18P2. The quantitative estimate of drug-likeness (QED) is 0.0395. The number of aromatic nitrogens is 2. The molecule has 2 aliphatic rings. The van der Waals surface area contributed by atoms with E-state index in [1.165, 1.54) is 49.6 Å². The largest absolute Gasteiger partial charge is 0.481 e. The fourth-order valence-electron chi connectivity index (χ4n) is 7.75. The number of aliphatic hydroxyl groups excluding tert-OH is 5. The van der Waals surface area contributed by atoms with Gasteiger partial charge < -0.3 is 55.3 Å². The maximum atomic E-state index is 13.3. The van der Waals surface area contributed by atoms with Crippen LogP contribution in [0, 0.1) is 17.8 Å². The molecule has 21 nitrogen and oxygen atoms in total. The molecule has 0 aromatic carbocycles. The lowest BCUT2D eigenvalue weighted by molar-refractivity contribution is -0.194. The Balaban J connectivity index is 1.91. The van der Waals surface area contributed by atoms with Crippen LogP contribution >= 0.6 is 15.6 Å². The predicted molar refractivity (Wildman–Crippen MR) is 245 cm³/mol. The van der Waals surface area contributed by atoms with Crippen molar-refractivity contribution in [1.29, 1.82) is 0 Å². The highest BCUT2D eigenvalue weighted by Gasteiger charge is 2.45. The summed E-state index contributed by atoms with van der Waals surface area (Å²) < 4.78 is 58.5. The average molecular weight is 996 g/mol.